The van der Waals surface area contributed by atoms with E-state index in [1.54, 1.807) is 0 Å². The third-order valence-electron chi connectivity index (χ3n) is 2.02. The number of rotatable bonds is 1. The highest BCUT2D eigenvalue weighted by atomic mass is 16.6. The Bertz CT molecular complexity index is 309. The number of ether oxygens (including phenoxy) is 2. The average molecular weight is 180 g/mol. The van der Waals surface area contributed by atoms with Gasteiger partial charge in [0.15, 0.2) is 17.6 Å². The van der Waals surface area contributed by atoms with Crippen molar-refractivity contribution in [2.24, 2.45) is 0 Å². The largest absolute Gasteiger partial charge is 0.486 e. The molecule has 1 aliphatic heterocycles. The Kier molecular flexibility index (Phi) is 2.10. The summed E-state index contributed by atoms with van der Waals surface area (Å²) in [7, 11) is 0. The first-order valence-electron chi connectivity index (χ1n) is 4.30. The molecule has 1 N–H and O–H groups in total. The molecule has 0 radical (unpaired) electrons. The zero-order valence-corrected chi connectivity index (χ0v) is 7.49. The van der Waals surface area contributed by atoms with E-state index in [-0.39, 0.29) is 12.7 Å². The highest BCUT2D eigenvalue weighted by Crippen LogP contribution is 2.32. The highest BCUT2D eigenvalue weighted by Gasteiger charge is 2.19. The van der Waals surface area contributed by atoms with Crippen LogP contribution < -0.4 is 9.47 Å². The second kappa shape index (κ2) is 3.26. The van der Waals surface area contributed by atoms with Crippen molar-refractivity contribution in [1.82, 2.24) is 0 Å². The van der Waals surface area contributed by atoms with E-state index in [1.807, 2.05) is 25.1 Å². The summed E-state index contributed by atoms with van der Waals surface area (Å²) in [5.41, 5.74) is 1.14. The van der Waals surface area contributed by atoms with Gasteiger partial charge in [0.25, 0.3) is 0 Å². The molecule has 0 fully saturated rings. The van der Waals surface area contributed by atoms with Gasteiger partial charge >= 0.3 is 0 Å². The van der Waals surface area contributed by atoms with Gasteiger partial charge in [-0.15, -0.1) is 0 Å². The summed E-state index contributed by atoms with van der Waals surface area (Å²) in [6.45, 7) is 2.42. The normalized spacial score (nSPS) is 20.0. The fraction of sp³-hybridized carbons (Fsp3) is 0.400. The van der Waals surface area contributed by atoms with Crippen LogP contribution in [0.4, 0.5) is 0 Å². The number of hydrogen-bond donors (Lipinski definition) is 1. The van der Waals surface area contributed by atoms with Gasteiger partial charge in [0, 0.05) is 0 Å². The molecule has 3 heteroatoms. The molecule has 1 aromatic carbocycles. The molecule has 0 spiro atoms. The standard InChI is InChI=1S/C10H12O3/c1-7-2-3-9-10(4-7)12-6-8(5-11)13-9/h2-4,8,11H,5-6H2,1H3. The lowest BCUT2D eigenvalue weighted by Gasteiger charge is -2.25. The molecule has 1 unspecified atom stereocenters. The number of aliphatic hydroxyl groups excluding tert-OH is 1. The molecule has 1 heterocycles. The lowest BCUT2D eigenvalue weighted by molar-refractivity contribution is 0.0456. The van der Waals surface area contributed by atoms with Gasteiger partial charge in [-0.25, -0.2) is 0 Å². The van der Waals surface area contributed by atoms with E-state index in [2.05, 4.69) is 0 Å². The van der Waals surface area contributed by atoms with Crippen LogP contribution >= 0.6 is 0 Å². The van der Waals surface area contributed by atoms with Gasteiger partial charge in [0.2, 0.25) is 0 Å². The summed E-state index contributed by atoms with van der Waals surface area (Å²) in [5, 5.41) is 8.87. The molecule has 0 aromatic heterocycles. The fourth-order valence-corrected chi connectivity index (χ4v) is 1.31. The zero-order chi connectivity index (χ0) is 9.26. The third kappa shape index (κ3) is 1.60. The monoisotopic (exact) mass is 180 g/mol. The van der Waals surface area contributed by atoms with Crippen LogP contribution in [0.25, 0.3) is 0 Å². The summed E-state index contributed by atoms with van der Waals surface area (Å²) in [5.74, 6) is 1.49. The smallest absolute Gasteiger partial charge is 0.161 e. The van der Waals surface area contributed by atoms with Gasteiger partial charge in [0.1, 0.15) is 6.61 Å². The van der Waals surface area contributed by atoms with Crippen LogP contribution in [0.15, 0.2) is 18.2 Å². The predicted octanol–water partition coefficient (Wildman–Crippen LogP) is 1.13. The minimum Gasteiger partial charge on any atom is -0.486 e. The number of hydrogen-bond acceptors (Lipinski definition) is 3. The molecule has 0 amide bonds. The van der Waals surface area contributed by atoms with Crippen molar-refractivity contribution in [3.63, 3.8) is 0 Å². The van der Waals surface area contributed by atoms with Gasteiger partial charge in [0.05, 0.1) is 6.61 Å². The lowest BCUT2D eigenvalue weighted by Crippen LogP contribution is -2.32. The summed E-state index contributed by atoms with van der Waals surface area (Å²) >= 11 is 0. The van der Waals surface area contributed by atoms with Crippen molar-refractivity contribution >= 4 is 0 Å². The summed E-state index contributed by atoms with van der Waals surface area (Å²) < 4.78 is 10.9. The van der Waals surface area contributed by atoms with Crippen molar-refractivity contribution in [3.05, 3.63) is 23.8 Å². The molecular formula is C10H12O3. The minimum atomic E-state index is -0.227. The van der Waals surface area contributed by atoms with Crippen molar-refractivity contribution in [1.29, 1.82) is 0 Å². The first-order chi connectivity index (χ1) is 6.29. The van der Waals surface area contributed by atoms with E-state index in [4.69, 9.17) is 14.6 Å². The van der Waals surface area contributed by atoms with Gasteiger partial charge in [-0.2, -0.15) is 0 Å². The van der Waals surface area contributed by atoms with E-state index < -0.39 is 0 Å². The Balaban J connectivity index is 2.26. The fourth-order valence-electron chi connectivity index (χ4n) is 1.31. The molecule has 2 rings (SSSR count). The van der Waals surface area contributed by atoms with Gasteiger partial charge in [-0.3, -0.25) is 0 Å². The molecule has 0 bridgehead atoms. The number of fused-ring (bicyclic) bond motifs is 1. The van der Waals surface area contributed by atoms with Crippen LogP contribution in [-0.2, 0) is 0 Å². The van der Waals surface area contributed by atoms with Crippen molar-refractivity contribution in [3.8, 4) is 11.5 Å². The van der Waals surface area contributed by atoms with Gasteiger partial charge in [-0.1, -0.05) is 6.07 Å². The van der Waals surface area contributed by atoms with Crippen LogP contribution in [-0.4, -0.2) is 24.4 Å². The minimum absolute atomic E-state index is 0.00663. The van der Waals surface area contributed by atoms with Crippen LogP contribution in [0, 0.1) is 6.92 Å². The van der Waals surface area contributed by atoms with Gasteiger partial charge < -0.3 is 14.6 Å². The SMILES string of the molecule is Cc1ccc2c(c1)OCC(CO)O2. The Morgan fingerprint density at radius 3 is 3.08 bits per heavy atom. The summed E-state index contributed by atoms with van der Waals surface area (Å²) in [6.07, 6.45) is -0.227. The maximum atomic E-state index is 8.87. The molecule has 0 aliphatic carbocycles. The summed E-state index contributed by atoms with van der Waals surface area (Å²) in [4.78, 5) is 0. The van der Waals surface area contributed by atoms with E-state index in [1.165, 1.54) is 0 Å². The molecule has 70 valence electrons. The Labute approximate surface area is 76.9 Å². The Morgan fingerprint density at radius 2 is 2.31 bits per heavy atom. The van der Waals surface area contributed by atoms with Crippen LogP contribution in [0.3, 0.4) is 0 Å². The number of aliphatic hydroxyl groups is 1. The number of aryl methyl sites for hydroxylation is 1. The van der Waals surface area contributed by atoms with Crippen molar-refractivity contribution in [2.75, 3.05) is 13.2 Å². The lowest BCUT2D eigenvalue weighted by atomic mass is 10.2. The molecule has 1 atom stereocenters. The molecular weight excluding hydrogens is 168 g/mol. The van der Waals surface area contributed by atoms with E-state index in [0.717, 1.165) is 17.1 Å². The first-order valence-corrected chi connectivity index (χ1v) is 4.30. The molecule has 0 saturated carbocycles. The third-order valence-corrected chi connectivity index (χ3v) is 2.02. The number of benzene rings is 1. The van der Waals surface area contributed by atoms with Crippen LogP contribution in [0.2, 0.25) is 0 Å². The molecule has 13 heavy (non-hydrogen) atoms. The first kappa shape index (κ1) is 8.38. The quantitative estimate of drug-likeness (QED) is 0.704. The second-order valence-corrected chi connectivity index (χ2v) is 3.18. The van der Waals surface area contributed by atoms with Gasteiger partial charge in [-0.05, 0) is 24.6 Å². The Morgan fingerprint density at radius 1 is 1.46 bits per heavy atom. The second-order valence-electron chi connectivity index (χ2n) is 3.18. The molecule has 0 saturated heterocycles. The van der Waals surface area contributed by atoms with Crippen LogP contribution in [0.1, 0.15) is 5.56 Å². The van der Waals surface area contributed by atoms with E-state index >= 15 is 0 Å². The predicted molar refractivity (Wildman–Crippen MR) is 48.2 cm³/mol. The Hall–Kier alpha value is -1.22. The van der Waals surface area contributed by atoms with Crippen molar-refractivity contribution in [2.45, 2.75) is 13.0 Å². The zero-order valence-electron chi connectivity index (χ0n) is 7.49. The topological polar surface area (TPSA) is 38.7 Å². The van der Waals surface area contributed by atoms with E-state index in [0.29, 0.717) is 6.61 Å². The summed E-state index contributed by atoms with van der Waals surface area (Å²) in [6, 6.07) is 5.76. The highest BCUT2D eigenvalue weighted by molar-refractivity contribution is 5.43. The maximum absolute atomic E-state index is 8.87. The van der Waals surface area contributed by atoms with Crippen LogP contribution in [0.5, 0.6) is 11.5 Å². The molecule has 1 aliphatic rings. The molecule has 1 aromatic rings. The maximum Gasteiger partial charge on any atom is 0.161 e. The average Bonchev–Trinajstić information content (AvgIpc) is 2.17. The van der Waals surface area contributed by atoms with Crippen molar-refractivity contribution < 1.29 is 14.6 Å². The van der Waals surface area contributed by atoms with E-state index in [9.17, 15) is 0 Å². The molecule has 3 nitrogen and oxygen atoms in total.